The summed E-state index contributed by atoms with van der Waals surface area (Å²) in [6, 6.07) is 26.1. The Hall–Kier alpha value is -2.35. The van der Waals surface area contributed by atoms with E-state index in [0.717, 1.165) is 11.1 Å². The molecule has 0 aromatic heterocycles. The molecule has 3 rings (SSSR count). The Bertz CT molecular complexity index is 786. The number of hydrogen-bond acceptors (Lipinski definition) is 1. The van der Waals surface area contributed by atoms with Crippen molar-refractivity contribution in [3.8, 4) is 11.1 Å². The van der Waals surface area contributed by atoms with E-state index in [1.807, 2.05) is 60.7 Å². The third-order valence-electron chi connectivity index (χ3n) is 3.38. The Balaban J connectivity index is 1.84. The van der Waals surface area contributed by atoms with Crippen LogP contribution in [0.15, 0.2) is 84.9 Å². The standard InChI is InChI=1S/C18H16NO2P/c20-22(21,19-17-9-5-2-6-10-17)18-13-11-16(12-14-18)15-7-3-1-4-8-15/h1-14H,(H2,19,20,21). The fourth-order valence-corrected chi connectivity index (χ4v) is 3.42. The lowest BCUT2D eigenvalue weighted by molar-refractivity contribution is 0.496. The van der Waals surface area contributed by atoms with Gasteiger partial charge in [-0.1, -0.05) is 60.7 Å². The van der Waals surface area contributed by atoms with E-state index in [1.165, 1.54) is 0 Å². The summed E-state index contributed by atoms with van der Waals surface area (Å²) in [6.07, 6.45) is 0. The van der Waals surface area contributed by atoms with Crippen LogP contribution in [-0.2, 0) is 4.57 Å². The molecule has 2 N–H and O–H groups in total. The van der Waals surface area contributed by atoms with Crippen LogP contribution in [0.25, 0.3) is 11.1 Å². The van der Waals surface area contributed by atoms with Gasteiger partial charge in [0.1, 0.15) is 0 Å². The summed E-state index contributed by atoms with van der Waals surface area (Å²) in [7, 11) is -3.63. The van der Waals surface area contributed by atoms with Crippen LogP contribution in [0.1, 0.15) is 0 Å². The molecule has 0 spiro atoms. The van der Waals surface area contributed by atoms with Gasteiger partial charge in [-0.25, -0.2) is 0 Å². The molecule has 0 aliphatic rings. The summed E-state index contributed by atoms with van der Waals surface area (Å²) in [4.78, 5) is 10.2. The van der Waals surface area contributed by atoms with E-state index in [9.17, 15) is 9.46 Å². The van der Waals surface area contributed by atoms with Crippen molar-refractivity contribution in [1.82, 2.24) is 0 Å². The first-order valence-electron chi connectivity index (χ1n) is 6.97. The van der Waals surface area contributed by atoms with Gasteiger partial charge in [0.15, 0.2) is 0 Å². The van der Waals surface area contributed by atoms with Gasteiger partial charge in [-0.15, -0.1) is 0 Å². The number of para-hydroxylation sites is 1. The number of anilines is 1. The maximum atomic E-state index is 12.5. The van der Waals surface area contributed by atoms with Crippen molar-refractivity contribution in [2.75, 3.05) is 5.09 Å². The van der Waals surface area contributed by atoms with E-state index < -0.39 is 7.52 Å². The van der Waals surface area contributed by atoms with E-state index >= 15 is 0 Å². The van der Waals surface area contributed by atoms with Crippen molar-refractivity contribution in [2.24, 2.45) is 0 Å². The molecule has 4 heteroatoms. The Morgan fingerprint density at radius 3 is 1.77 bits per heavy atom. The maximum absolute atomic E-state index is 12.5. The molecule has 1 atom stereocenters. The summed E-state index contributed by atoms with van der Waals surface area (Å²) in [5, 5.41) is 3.09. The number of nitrogens with one attached hydrogen (secondary N) is 1. The van der Waals surface area contributed by atoms with Crippen LogP contribution in [0.4, 0.5) is 5.69 Å². The highest BCUT2D eigenvalue weighted by Crippen LogP contribution is 2.39. The van der Waals surface area contributed by atoms with Crippen molar-refractivity contribution in [3.05, 3.63) is 84.9 Å². The molecule has 1 unspecified atom stereocenters. The maximum Gasteiger partial charge on any atom is 0.321 e. The van der Waals surface area contributed by atoms with E-state index in [-0.39, 0.29) is 0 Å². The lowest BCUT2D eigenvalue weighted by atomic mass is 10.1. The summed E-state index contributed by atoms with van der Waals surface area (Å²) in [6.45, 7) is 0. The smallest absolute Gasteiger partial charge is 0.321 e. The lowest BCUT2D eigenvalue weighted by Crippen LogP contribution is -2.10. The van der Waals surface area contributed by atoms with Gasteiger partial charge in [-0.2, -0.15) is 0 Å². The molecule has 3 aromatic rings. The predicted octanol–water partition coefficient (Wildman–Crippen LogP) is 4.28. The van der Waals surface area contributed by atoms with Gasteiger partial charge in [0.25, 0.3) is 0 Å². The highest BCUT2D eigenvalue weighted by Gasteiger charge is 2.21. The second-order valence-corrected chi connectivity index (χ2v) is 6.86. The molecule has 0 aliphatic heterocycles. The molecule has 0 saturated carbocycles. The molecule has 0 fully saturated rings. The van der Waals surface area contributed by atoms with Gasteiger partial charge in [0.2, 0.25) is 0 Å². The first-order chi connectivity index (χ1) is 10.6. The van der Waals surface area contributed by atoms with E-state index in [2.05, 4.69) is 5.09 Å². The Labute approximate surface area is 129 Å². The summed E-state index contributed by atoms with van der Waals surface area (Å²) in [5.74, 6) is 0. The molecule has 0 saturated heterocycles. The first kappa shape index (κ1) is 14.6. The largest absolute Gasteiger partial charge is 0.326 e. The van der Waals surface area contributed by atoms with Crippen LogP contribution < -0.4 is 10.4 Å². The SMILES string of the molecule is O=P(O)(Nc1ccccc1)c1ccc(-c2ccccc2)cc1. The van der Waals surface area contributed by atoms with Crippen LogP contribution in [0.3, 0.4) is 0 Å². The first-order valence-corrected chi connectivity index (χ1v) is 8.63. The van der Waals surface area contributed by atoms with Gasteiger partial charge < -0.3 is 9.98 Å². The molecule has 22 heavy (non-hydrogen) atoms. The minimum absolute atomic E-state index is 0.385. The average molecular weight is 309 g/mol. The van der Waals surface area contributed by atoms with E-state index in [4.69, 9.17) is 0 Å². The zero-order valence-corrected chi connectivity index (χ0v) is 12.8. The molecular formula is C18H16NO2P. The van der Waals surface area contributed by atoms with Crippen LogP contribution in [0.5, 0.6) is 0 Å². The zero-order chi connectivity index (χ0) is 15.4. The number of rotatable bonds is 4. The van der Waals surface area contributed by atoms with Crippen LogP contribution in [0, 0.1) is 0 Å². The molecule has 3 nitrogen and oxygen atoms in total. The number of benzene rings is 3. The molecule has 3 aromatic carbocycles. The third kappa shape index (κ3) is 3.28. The molecule has 110 valence electrons. The van der Waals surface area contributed by atoms with Crippen molar-refractivity contribution in [2.45, 2.75) is 0 Å². The quantitative estimate of drug-likeness (QED) is 0.707. The van der Waals surface area contributed by atoms with Crippen LogP contribution in [0.2, 0.25) is 0 Å². The number of hydrogen-bond donors (Lipinski definition) is 2. The van der Waals surface area contributed by atoms with E-state index in [1.54, 1.807) is 24.3 Å². The van der Waals surface area contributed by atoms with Gasteiger partial charge >= 0.3 is 7.52 Å². The van der Waals surface area contributed by atoms with Gasteiger partial charge in [-0.05, 0) is 35.4 Å². The highest BCUT2D eigenvalue weighted by atomic mass is 31.2. The van der Waals surface area contributed by atoms with Gasteiger partial charge in [0, 0.05) is 5.69 Å². The summed E-state index contributed by atoms with van der Waals surface area (Å²) >= 11 is 0. The normalized spacial score (nSPS) is 13.3. The molecule has 0 amide bonds. The molecule has 0 aliphatic carbocycles. The van der Waals surface area contributed by atoms with Gasteiger partial charge in [0.05, 0.1) is 5.30 Å². The fourth-order valence-electron chi connectivity index (χ4n) is 2.24. The molecule has 0 bridgehead atoms. The Kier molecular flexibility index (Phi) is 4.10. The Morgan fingerprint density at radius 2 is 1.18 bits per heavy atom. The van der Waals surface area contributed by atoms with Crippen molar-refractivity contribution in [1.29, 1.82) is 0 Å². The fraction of sp³-hybridized carbons (Fsp3) is 0. The zero-order valence-electron chi connectivity index (χ0n) is 11.9. The highest BCUT2D eigenvalue weighted by molar-refractivity contribution is 7.67. The third-order valence-corrected chi connectivity index (χ3v) is 4.94. The second-order valence-electron chi connectivity index (χ2n) is 4.97. The topological polar surface area (TPSA) is 49.3 Å². The summed E-state index contributed by atoms with van der Waals surface area (Å²) in [5.41, 5.74) is 2.72. The van der Waals surface area contributed by atoms with Crippen molar-refractivity contribution < 1.29 is 9.46 Å². The second kappa shape index (κ2) is 6.18. The average Bonchev–Trinajstić information content (AvgIpc) is 2.56. The molecule has 0 radical (unpaired) electrons. The van der Waals surface area contributed by atoms with Crippen molar-refractivity contribution >= 4 is 18.5 Å². The Morgan fingerprint density at radius 1 is 0.682 bits per heavy atom. The monoisotopic (exact) mass is 309 g/mol. The van der Waals surface area contributed by atoms with Crippen LogP contribution >= 0.6 is 7.52 Å². The predicted molar refractivity (Wildman–Crippen MR) is 91.4 cm³/mol. The minimum atomic E-state index is -3.63. The minimum Gasteiger partial charge on any atom is -0.326 e. The molecular weight excluding hydrogens is 293 g/mol. The lowest BCUT2D eigenvalue weighted by Gasteiger charge is -2.15. The van der Waals surface area contributed by atoms with Crippen molar-refractivity contribution in [3.63, 3.8) is 0 Å². The van der Waals surface area contributed by atoms with Gasteiger partial charge in [-0.3, -0.25) is 4.57 Å². The van der Waals surface area contributed by atoms with Crippen LogP contribution in [-0.4, -0.2) is 4.89 Å². The summed E-state index contributed by atoms with van der Waals surface area (Å²) < 4.78 is 12.5. The molecule has 0 heterocycles. The van der Waals surface area contributed by atoms with E-state index in [0.29, 0.717) is 11.0 Å².